The highest BCUT2D eigenvalue weighted by molar-refractivity contribution is 5.19. The van der Waals surface area contributed by atoms with E-state index in [2.05, 4.69) is 10.1 Å². The van der Waals surface area contributed by atoms with Crippen molar-refractivity contribution in [2.45, 2.75) is 12.7 Å². The second-order valence-electron chi connectivity index (χ2n) is 3.00. The van der Waals surface area contributed by atoms with E-state index in [1.54, 1.807) is 10.8 Å². The maximum atomic E-state index is 12.4. The third-order valence-corrected chi connectivity index (χ3v) is 1.91. The number of rotatable bonds is 2. The molecule has 0 radical (unpaired) electrons. The Balaban J connectivity index is 2.26. The molecule has 0 saturated heterocycles. The van der Waals surface area contributed by atoms with Crippen molar-refractivity contribution in [3.05, 3.63) is 36.2 Å². The van der Waals surface area contributed by atoms with Crippen molar-refractivity contribution in [1.82, 2.24) is 19.7 Å². The van der Waals surface area contributed by atoms with Gasteiger partial charge in [-0.25, -0.2) is 4.98 Å². The number of nitrogens with one attached hydrogen (secondary N) is 1. The topological polar surface area (TPSA) is 46.5 Å². The zero-order chi connectivity index (χ0) is 10.9. The molecule has 0 aliphatic heterocycles. The molecule has 0 fully saturated rings. The summed E-state index contributed by atoms with van der Waals surface area (Å²) in [4.78, 5) is 3.75. The van der Waals surface area contributed by atoms with Crippen LogP contribution in [0.3, 0.4) is 0 Å². The lowest BCUT2D eigenvalue weighted by atomic mass is 10.2. The number of hydrogen-bond acceptors (Lipinski definition) is 2. The van der Waals surface area contributed by atoms with Crippen molar-refractivity contribution in [2.75, 3.05) is 0 Å². The van der Waals surface area contributed by atoms with Crippen molar-refractivity contribution >= 4 is 0 Å². The molecule has 15 heavy (non-hydrogen) atoms. The number of aromatic nitrogens is 4. The molecule has 0 unspecified atom stereocenters. The minimum Gasteiger partial charge on any atom is -0.333 e. The predicted molar refractivity (Wildman–Crippen MR) is 44.9 cm³/mol. The summed E-state index contributed by atoms with van der Waals surface area (Å²) < 4.78 is 38.8. The number of aromatic amines is 1. The zero-order valence-electron chi connectivity index (χ0n) is 7.49. The molecule has 0 atom stereocenters. The monoisotopic (exact) mass is 216 g/mol. The number of imidazole rings is 1. The van der Waals surface area contributed by atoms with E-state index < -0.39 is 11.9 Å². The third-order valence-electron chi connectivity index (χ3n) is 1.91. The van der Waals surface area contributed by atoms with Crippen molar-refractivity contribution < 1.29 is 13.2 Å². The van der Waals surface area contributed by atoms with Crippen molar-refractivity contribution in [3.63, 3.8) is 0 Å². The quantitative estimate of drug-likeness (QED) is 0.830. The Hall–Kier alpha value is -1.79. The lowest BCUT2D eigenvalue weighted by Gasteiger charge is -2.06. The molecule has 0 bridgehead atoms. The molecule has 2 aromatic heterocycles. The van der Waals surface area contributed by atoms with Gasteiger partial charge >= 0.3 is 6.18 Å². The van der Waals surface area contributed by atoms with Crippen LogP contribution in [0.15, 0.2) is 24.9 Å². The van der Waals surface area contributed by atoms with Crippen LogP contribution in [0, 0.1) is 0 Å². The van der Waals surface area contributed by atoms with Gasteiger partial charge in [-0.15, -0.1) is 0 Å². The Morgan fingerprint density at radius 2 is 2.20 bits per heavy atom. The van der Waals surface area contributed by atoms with Gasteiger partial charge in [0.1, 0.15) is 5.69 Å². The molecule has 0 amide bonds. The van der Waals surface area contributed by atoms with Crippen LogP contribution in [0.25, 0.3) is 0 Å². The molecule has 2 rings (SSSR count). The van der Waals surface area contributed by atoms with Crippen molar-refractivity contribution in [3.8, 4) is 0 Å². The maximum absolute atomic E-state index is 12.4. The van der Waals surface area contributed by atoms with Crippen LogP contribution in [-0.2, 0) is 12.7 Å². The first kappa shape index (κ1) is 9.75. The molecular formula is C8H7F3N4. The Labute approximate surface area is 82.8 Å². The fourth-order valence-electron chi connectivity index (χ4n) is 1.25. The molecule has 2 aromatic rings. The smallest absolute Gasteiger partial charge is 0.333 e. The van der Waals surface area contributed by atoms with Gasteiger partial charge in [-0.05, 0) is 0 Å². The van der Waals surface area contributed by atoms with Crippen LogP contribution in [0.5, 0.6) is 0 Å². The molecule has 0 aliphatic carbocycles. The van der Waals surface area contributed by atoms with Crippen LogP contribution in [0.4, 0.5) is 13.2 Å². The van der Waals surface area contributed by atoms with E-state index in [1.165, 1.54) is 18.7 Å². The molecule has 0 aromatic carbocycles. The summed E-state index contributed by atoms with van der Waals surface area (Å²) in [6.07, 6.45) is 1.32. The summed E-state index contributed by atoms with van der Waals surface area (Å²) in [5.74, 6) is 0. The van der Waals surface area contributed by atoms with Crippen LogP contribution < -0.4 is 0 Å². The van der Waals surface area contributed by atoms with Gasteiger partial charge in [0, 0.05) is 18.0 Å². The first-order valence-electron chi connectivity index (χ1n) is 4.12. The highest BCUT2D eigenvalue weighted by Crippen LogP contribution is 2.30. The average Bonchev–Trinajstić information content (AvgIpc) is 2.73. The molecule has 80 valence electrons. The number of H-pyrrole nitrogens is 1. The molecule has 4 nitrogen and oxygen atoms in total. The third kappa shape index (κ3) is 2.00. The minimum atomic E-state index is -4.40. The summed E-state index contributed by atoms with van der Waals surface area (Å²) in [5.41, 5.74) is -0.711. The first-order valence-corrected chi connectivity index (χ1v) is 4.12. The van der Waals surface area contributed by atoms with Gasteiger partial charge in [0.2, 0.25) is 0 Å². The number of nitrogens with zero attached hydrogens (tertiary/aromatic N) is 3. The average molecular weight is 216 g/mol. The van der Waals surface area contributed by atoms with Crippen LogP contribution in [-0.4, -0.2) is 19.7 Å². The largest absolute Gasteiger partial charge is 0.433 e. The molecule has 1 N–H and O–H groups in total. The van der Waals surface area contributed by atoms with Crippen molar-refractivity contribution in [2.24, 2.45) is 0 Å². The van der Waals surface area contributed by atoms with E-state index in [1.807, 2.05) is 5.10 Å². The highest BCUT2D eigenvalue weighted by Gasteiger charge is 2.35. The fourth-order valence-corrected chi connectivity index (χ4v) is 1.25. The van der Waals surface area contributed by atoms with Gasteiger partial charge in [0.15, 0.2) is 0 Å². The van der Waals surface area contributed by atoms with Crippen molar-refractivity contribution in [1.29, 1.82) is 0 Å². The van der Waals surface area contributed by atoms with Gasteiger partial charge in [0.05, 0.1) is 19.1 Å². The van der Waals surface area contributed by atoms with Gasteiger partial charge in [-0.1, -0.05) is 0 Å². The van der Waals surface area contributed by atoms with Gasteiger partial charge < -0.3 is 4.57 Å². The maximum Gasteiger partial charge on any atom is 0.433 e. The van der Waals surface area contributed by atoms with Crippen LogP contribution in [0.1, 0.15) is 11.3 Å². The van der Waals surface area contributed by atoms with Gasteiger partial charge in [-0.2, -0.15) is 18.3 Å². The summed E-state index contributed by atoms with van der Waals surface area (Å²) in [7, 11) is 0. The standard InChI is InChI=1S/C8H7F3N4/c9-8(10,11)7-6(3-13-14-7)4-15-2-1-12-5-15/h1-3,5H,4H2,(H,13,14). The molecule has 2 heterocycles. The molecule has 0 aliphatic rings. The summed E-state index contributed by atoms with van der Waals surface area (Å²) >= 11 is 0. The number of hydrogen-bond donors (Lipinski definition) is 1. The second kappa shape index (κ2) is 3.41. The molecule has 0 spiro atoms. The van der Waals surface area contributed by atoms with E-state index >= 15 is 0 Å². The summed E-state index contributed by atoms with van der Waals surface area (Å²) in [6, 6.07) is 0. The number of alkyl halides is 3. The SMILES string of the molecule is FC(F)(F)c1[nH]ncc1Cn1ccnc1. The van der Waals surface area contributed by atoms with E-state index in [0.717, 1.165) is 0 Å². The Kier molecular flexibility index (Phi) is 2.22. The normalized spacial score (nSPS) is 11.9. The Bertz CT molecular complexity index is 429. The fraction of sp³-hybridized carbons (Fsp3) is 0.250. The summed E-state index contributed by atoms with van der Waals surface area (Å²) in [5, 5.41) is 5.34. The van der Waals surface area contributed by atoms with Gasteiger partial charge in [0.25, 0.3) is 0 Å². The predicted octanol–water partition coefficient (Wildman–Crippen LogP) is 1.67. The molecule has 7 heteroatoms. The zero-order valence-corrected chi connectivity index (χ0v) is 7.49. The first-order chi connectivity index (χ1) is 7.07. The molecule has 0 saturated carbocycles. The lowest BCUT2D eigenvalue weighted by molar-refractivity contribution is -0.141. The highest BCUT2D eigenvalue weighted by atomic mass is 19.4. The van der Waals surface area contributed by atoms with E-state index in [-0.39, 0.29) is 12.1 Å². The summed E-state index contributed by atoms with van der Waals surface area (Å²) in [6.45, 7) is 0.103. The number of halogens is 3. The van der Waals surface area contributed by atoms with E-state index in [4.69, 9.17) is 0 Å². The van der Waals surface area contributed by atoms with E-state index in [9.17, 15) is 13.2 Å². The molecular weight excluding hydrogens is 209 g/mol. The Morgan fingerprint density at radius 3 is 2.80 bits per heavy atom. The Morgan fingerprint density at radius 1 is 1.40 bits per heavy atom. The van der Waals surface area contributed by atoms with E-state index in [0.29, 0.717) is 0 Å². The van der Waals surface area contributed by atoms with Crippen LogP contribution in [0.2, 0.25) is 0 Å². The van der Waals surface area contributed by atoms with Crippen LogP contribution >= 0.6 is 0 Å². The lowest BCUT2D eigenvalue weighted by Crippen LogP contribution is -2.10. The second-order valence-corrected chi connectivity index (χ2v) is 3.00. The van der Waals surface area contributed by atoms with Gasteiger partial charge in [-0.3, -0.25) is 5.10 Å². The minimum absolute atomic E-state index is 0.0977.